The quantitative estimate of drug-likeness (QED) is 0.307. The van der Waals surface area contributed by atoms with Crippen molar-refractivity contribution in [2.75, 3.05) is 44.0 Å². The molecule has 0 amide bonds. The SMILES string of the molecule is C.CCN(CC)OCCc1ccc(CNC2CCC(Nc3nc(N(C)C)c4ccccc4n3)CC2)cc1. The van der Waals surface area contributed by atoms with E-state index in [0.29, 0.717) is 12.1 Å². The highest BCUT2D eigenvalue weighted by atomic mass is 16.7. The fraction of sp³-hybridized carbons (Fsp3) is 0.533. The van der Waals surface area contributed by atoms with E-state index in [-0.39, 0.29) is 7.43 Å². The van der Waals surface area contributed by atoms with Gasteiger partial charge in [-0.25, -0.2) is 4.98 Å². The van der Waals surface area contributed by atoms with Gasteiger partial charge in [-0.3, -0.25) is 4.84 Å². The van der Waals surface area contributed by atoms with Crippen LogP contribution in [0.5, 0.6) is 0 Å². The maximum absolute atomic E-state index is 5.79. The Bertz CT molecular complexity index is 1080. The number of fused-ring (bicyclic) bond motifs is 1. The minimum atomic E-state index is 0. The second-order valence-corrected chi connectivity index (χ2v) is 9.87. The number of nitrogens with one attached hydrogen (secondary N) is 2. The van der Waals surface area contributed by atoms with E-state index in [1.807, 2.05) is 31.3 Å². The minimum Gasteiger partial charge on any atom is -0.362 e. The molecule has 4 rings (SSSR count). The topological polar surface area (TPSA) is 65.6 Å². The fourth-order valence-corrected chi connectivity index (χ4v) is 4.87. The summed E-state index contributed by atoms with van der Waals surface area (Å²) in [5.74, 6) is 1.69. The summed E-state index contributed by atoms with van der Waals surface area (Å²) in [6, 6.07) is 18.1. The zero-order valence-electron chi connectivity index (χ0n) is 22.3. The Kier molecular flexibility index (Phi) is 11.1. The smallest absolute Gasteiger partial charge is 0.225 e. The van der Waals surface area contributed by atoms with Crippen molar-refractivity contribution in [1.82, 2.24) is 20.3 Å². The minimum absolute atomic E-state index is 0. The van der Waals surface area contributed by atoms with E-state index in [1.54, 1.807) is 0 Å². The Morgan fingerprint density at radius 1 is 0.865 bits per heavy atom. The molecular weight excluding hydrogens is 460 g/mol. The van der Waals surface area contributed by atoms with Gasteiger partial charge in [0.15, 0.2) is 0 Å². The molecule has 0 radical (unpaired) electrons. The van der Waals surface area contributed by atoms with Crippen molar-refractivity contribution in [3.63, 3.8) is 0 Å². The number of benzene rings is 2. The molecule has 1 fully saturated rings. The number of rotatable bonds is 12. The monoisotopic (exact) mass is 506 g/mol. The molecule has 7 nitrogen and oxygen atoms in total. The molecular formula is C30H46N6O. The molecule has 0 atom stereocenters. The van der Waals surface area contributed by atoms with Crippen LogP contribution in [0.15, 0.2) is 48.5 Å². The van der Waals surface area contributed by atoms with Crippen molar-refractivity contribution in [3.8, 4) is 0 Å². The Balaban J connectivity index is 0.00000380. The Morgan fingerprint density at radius 2 is 1.51 bits per heavy atom. The molecule has 0 aliphatic heterocycles. The van der Waals surface area contributed by atoms with Gasteiger partial charge in [0.05, 0.1) is 12.1 Å². The third-order valence-corrected chi connectivity index (χ3v) is 7.05. The van der Waals surface area contributed by atoms with Gasteiger partial charge in [-0.1, -0.05) is 57.7 Å². The molecule has 37 heavy (non-hydrogen) atoms. The third kappa shape index (κ3) is 8.12. The molecule has 2 N–H and O–H groups in total. The van der Waals surface area contributed by atoms with Crippen molar-refractivity contribution in [1.29, 1.82) is 0 Å². The first-order chi connectivity index (χ1) is 17.6. The predicted octanol–water partition coefficient (Wildman–Crippen LogP) is 5.66. The second kappa shape index (κ2) is 14.3. The van der Waals surface area contributed by atoms with Gasteiger partial charge in [0, 0.05) is 51.2 Å². The lowest BCUT2D eigenvalue weighted by atomic mass is 9.91. The average molecular weight is 507 g/mol. The van der Waals surface area contributed by atoms with Crippen LogP contribution in [0.1, 0.15) is 58.1 Å². The molecule has 1 aliphatic rings. The van der Waals surface area contributed by atoms with Crippen molar-refractivity contribution >= 4 is 22.7 Å². The zero-order valence-corrected chi connectivity index (χ0v) is 22.3. The van der Waals surface area contributed by atoms with Gasteiger partial charge in [0.2, 0.25) is 5.95 Å². The molecule has 2 aromatic carbocycles. The van der Waals surface area contributed by atoms with E-state index < -0.39 is 0 Å². The highest BCUT2D eigenvalue weighted by Crippen LogP contribution is 2.26. The van der Waals surface area contributed by atoms with Gasteiger partial charge in [-0.05, 0) is 55.4 Å². The highest BCUT2D eigenvalue weighted by molar-refractivity contribution is 5.90. The summed E-state index contributed by atoms with van der Waals surface area (Å²) in [6.45, 7) is 7.74. The Morgan fingerprint density at radius 3 is 2.19 bits per heavy atom. The molecule has 1 heterocycles. The van der Waals surface area contributed by atoms with E-state index in [1.165, 1.54) is 11.1 Å². The van der Waals surface area contributed by atoms with Crippen molar-refractivity contribution in [2.45, 2.75) is 72.0 Å². The molecule has 1 aromatic heterocycles. The molecule has 0 spiro atoms. The van der Waals surface area contributed by atoms with Crippen molar-refractivity contribution in [3.05, 3.63) is 59.7 Å². The second-order valence-electron chi connectivity index (χ2n) is 9.87. The van der Waals surface area contributed by atoms with Gasteiger partial charge in [-0.2, -0.15) is 10.0 Å². The summed E-state index contributed by atoms with van der Waals surface area (Å²) in [5.41, 5.74) is 3.65. The van der Waals surface area contributed by atoms with Gasteiger partial charge in [-0.15, -0.1) is 0 Å². The molecule has 202 valence electrons. The predicted molar refractivity (Wildman–Crippen MR) is 156 cm³/mol. The number of nitrogens with zero attached hydrogens (tertiary/aromatic N) is 4. The molecule has 3 aromatic rings. The van der Waals surface area contributed by atoms with Crippen molar-refractivity contribution < 1.29 is 4.84 Å². The fourth-order valence-electron chi connectivity index (χ4n) is 4.87. The molecule has 1 saturated carbocycles. The number of hydrogen-bond donors (Lipinski definition) is 2. The number of hydrogen-bond acceptors (Lipinski definition) is 7. The van der Waals surface area contributed by atoms with Crippen LogP contribution < -0.4 is 15.5 Å². The van der Waals surface area contributed by atoms with Crippen LogP contribution >= 0.6 is 0 Å². The van der Waals surface area contributed by atoms with Gasteiger partial charge in [0.25, 0.3) is 0 Å². The van der Waals surface area contributed by atoms with Crippen LogP contribution in [0.3, 0.4) is 0 Å². The van der Waals surface area contributed by atoms with Crippen LogP contribution in [-0.4, -0.2) is 60.9 Å². The zero-order chi connectivity index (χ0) is 25.3. The standard InChI is InChI=1S/C29H42N6O.CH4/c1-5-35(6-2)36-20-19-22-11-13-23(14-12-22)21-30-24-15-17-25(18-16-24)31-29-32-27-10-8-7-9-26(27)28(33-29)34(3)4;/h7-14,24-25,30H,5-6,15-21H2,1-4H3,(H,31,32,33);1H4. The first-order valence-corrected chi connectivity index (χ1v) is 13.5. The number of anilines is 2. The summed E-state index contributed by atoms with van der Waals surface area (Å²) in [4.78, 5) is 17.4. The summed E-state index contributed by atoms with van der Waals surface area (Å²) >= 11 is 0. The lowest BCUT2D eigenvalue weighted by Crippen LogP contribution is -2.37. The van der Waals surface area contributed by atoms with Crippen LogP contribution in [0.2, 0.25) is 0 Å². The van der Waals surface area contributed by atoms with E-state index in [4.69, 9.17) is 14.8 Å². The first-order valence-electron chi connectivity index (χ1n) is 13.5. The summed E-state index contributed by atoms with van der Waals surface area (Å²) in [7, 11) is 4.07. The van der Waals surface area contributed by atoms with E-state index in [9.17, 15) is 0 Å². The summed E-state index contributed by atoms with van der Waals surface area (Å²) in [6.07, 6.45) is 5.50. The lowest BCUT2D eigenvalue weighted by Gasteiger charge is -2.30. The van der Waals surface area contributed by atoms with Crippen LogP contribution in [0.25, 0.3) is 10.9 Å². The normalized spacial score (nSPS) is 17.5. The van der Waals surface area contributed by atoms with E-state index >= 15 is 0 Å². The largest absolute Gasteiger partial charge is 0.362 e. The number of aromatic nitrogens is 2. The molecule has 0 unspecified atom stereocenters. The summed E-state index contributed by atoms with van der Waals surface area (Å²) < 4.78 is 0. The van der Waals surface area contributed by atoms with Crippen LogP contribution in [0, 0.1) is 0 Å². The van der Waals surface area contributed by atoms with Crippen LogP contribution in [-0.2, 0) is 17.8 Å². The Hall–Kier alpha value is -2.74. The third-order valence-electron chi connectivity index (χ3n) is 7.05. The number of para-hydroxylation sites is 1. The Labute approximate surface area is 223 Å². The van der Waals surface area contributed by atoms with E-state index in [2.05, 4.69) is 65.8 Å². The summed E-state index contributed by atoms with van der Waals surface area (Å²) in [5, 5.41) is 10.5. The first kappa shape index (κ1) is 28.8. The molecule has 1 aliphatic carbocycles. The van der Waals surface area contributed by atoms with Crippen molar-refractivity contribution in [2.24, 2.45) is 0 Å². The van der Waals surface area contributed by atoms with Gasteiger partial charge < -0.3 is 15.5 Å². The molecule has 7 heteroatoms. The maximum atomic E-state index is 5.79. The lowest BCUT2D eigenvalue weighted by molar-refractivity contribution is -0.151. The molecule has 0 bridgehead atoms. The van der Waals surface area contributed by atoms with E-state index in [0.717, 1.165) is 81.0 Å². The van der Waals surface area contributed by atoms with Gasteiger partial charge >= 0.3 is 0 Å². The molecule has 0 saturated heterocycles. The highest BCUT2D eigenvalue weighted by Gasteiger charge is 2.22. The van der Waals surface area contributed by atoms with Crippen LogP contribution in [0.4, 0.5) is 11.8 Å². The average Bonchev–Trinajstić information content (AvgIpc) is 2.91. The van der Waals surface area contributed by atoms with Gasteiger partial charge in [0.1, 0.15) is 5.82 Å². The maximum Gasteiger partial charge on any atom is 0.225 e. The number of hydroxylamine groups is 2.